The van der Waals surface area contributed by atoms with Gasteiger partial charge in [-0.25, -0.2) is 0 Å². The van der Waals surface area contributed by atoms with Crippen molar-refractivity contribution in [2.75, 3.05) is 6.61 Å². The van der Waals surface area contributed by atoms with E-state index in [0.717, 1.165) is 36.4 Å². The highest BCUT2D eigenvalue weighted by molar-refractivity contribution is 5.37. The molecule has 0 saturated heterocycles. The number of ether oxygens (including phenoxy) is 1. The van der Waals surface area contributed by atoms with Gasteiger partial charge in [0, 0.05) is 0 Å². The second-order valence-electron chi connectivity index (χ2n) is 4.91. The van der Waals surface area contributed by atoms with Crippen LogP contribution in [0.2, 0.25) is 0 Å². The first kappa shape index (κ1) is 18.1. The fourth-order valence-corrected chi connectivity index (χ4v) is 2.08. The number of benzene rings is 2. The molecule has 1 unspecified atom stereocenters. The lowest BCUT2D eigenvalue weighted by atomic mass is 10.1. The average molecular weight is 350 g/mol. The molecule has 0 saturated carbocycles. The SMILES string of the molecule is OCC(Oc1ccccc1C(F)(F)F)c1cccc(C(F)(F)F)c1. The average Bonchev–Trinajstić information content (AvgIpc) is 2.51. The van der Waals surface area contributed by atoms with Gasteiger partial charge in [0.2, 0.25) is 0 Å². The summed E-state index contributed by atoms with van der Waals surface area (Å²) in [5.74, 6) is -0.568. The Bertz CT molecular complexity index is 693. The molecule has 0 spiro atoms. The number of para-hydroxylation sites is 1. The minimum Gasteiger partial charge on any atom is -0.483 e. The van der Waals surface area contributed by atoms with Crippen LogP contribution in [-0.4, -0.2) is 11.7 Å². The second-order valence-corrected chi connectivity index (χ2v) is 4.91. The molecule has 2 nitrogen and oxygen atoms in total. The van der Waals surface area contributed by atoms with E-state index in [1.165, 1.54) is 12.1 Å². The standard InChI is InChI=1S/C16H12F6O2/c17-15(18,19)11-5-3-4-10(8-11)14(9-23)24-13-7-2-1-6-12(13)16(20,21)22/h1-8,14,23H,9H2. The highest BCUT2D eigenvalue weighted by atomic mass is 19.4. The van der Waals surface area contributed by atoms with Gasteiger partial charge in [0.15, 0.2) is 0 Å². The first-order valence-electron chi connectivity index (χ1n) is 6.74. The van der Waals surface area contributed by atoms with Crippen molar-refractivity contribution < 1.29 is 36.2 Å². The Balaban J connectivity index is 2.35. The molecule has 0 bridgehead atoms. The van der Waals surface area contributed by atoms with E-state index in [0.29, 0.717) is 0 Å². The third-order valence-electron chi connectivity index (χ3n) is 3.21. The van der Waals surface area contributed by atoms with Crippen molar-refractivity contribution in [2.24, 2.45) is 0 Å². The Morgan fingerprint density at radius 1 is 0.875 bits per heavy atom. The number of rotatable bonds is 4. The van der Waals surface area contributed by atoms with E-state index in [9.17, 15) is 31.4 Å². The molecule has 24 heavy (non-hydrogen) atoms. The smallest absolute Gasteiger partial charge is 0.419 e. The summed E-state index contributed by atoms with van der Waals surface area (Å²) in [5.41, 5.74) is -2.13. The second kappa shape index (κ2) is 6.72. The Morgan fingerprint density at radius 2 is 1.54 bits per heavy atom. The fraction of sp³-hybridized carbons (Fsp3) is 0.250. The topological polar surface area (TPSA) is 29.5 Å². The molecular weight excluding hydrogens is 338 g/mol. The molecular formula is C16H12F6O2. The van der Waals surface area contributed by atoms with Gasteiger partial charge in [0.1, 0.15) is 11.9 Å². The molecule has 2 aromatic rings. The summed E-state index contributed by atoms with van der Waals surface area (Å²) < 4.78 is 82.1. The lowest BCUT2D eigenvalue weighted by Crippen LogP contribution is -2.16. The van der Waals surface area contributed by atoms with Crippen LogP contribution < -0.4 is 4.74 Å². The Labute approximate surface area is 133 Å². The zero-order chi connectivity index (χ0) is 18.0. The molecule has 2 aromatic carbocycles. The normalized spacial score (nSPS) is 13.6. The van der Waals surface area contributed by atoms with Gasteiger partial charge >= 0.3 is 12.4 Å². The highest BCUT2D eigenvalue weighted by Crippen LogP contribution is 2.38. The molecule has 2 rings (SSSR count). The van der Waals surface area contributed by atoms with Crippen molar-refractivity contribution in [3.8, 4) is 5.75 Å². The monoisotopic (exact) mass is 350 g/mol. The lowest BCUT2D eigenvalue weighted by molar-refractivity contribution is -0.139. The van der Waals surface area contributed by atoms with Gasteiger partial charge in [0.05, 0.1) is 17.7 Å². The van der Waals surface area contributed by atoms with Crippen LogP contribution in [0.3, 0.4) is 0 Å². The van der Waals surface area contributed by atoms with Crippen LogP contribution in [0.15, 0.2) is 48.5 Å². The molecule has 1 atom stereocenters. The van der Waals surface area contributed by atoms with Crippen LogP contribution in [-0.2, 0) is 12.4 Å². The van der Waals surface area contributed by atoms with Gasteiger partial charge in [-0.3, -0.25) is 0 Å². The Morgan fingerprint density at radius 3 is 2.12 bits per heavy atom. The quantitative estimate of drug-likeness (QED) is 0.800. The van der Waals surface area contributed by atoms with Gasteiger partial charge in [-0.05, 0) is 29.8 Å². The van der Waals surface area contributed by atoms with Crippen LogP contribution in [0.5, 0.6) is 5.75 Å². The largest absolute Gasteiger partial charge is 0.483 e. The molecule has 0 heterocycles. The summed E-state index contributed by atoms with van der Waals surface area (Å²) >= 11 is 0. The predicted octanol–water partition coefficient (Wildman–Crippen LogP) is 4.84. The van der Waals surface area contributed by atoms with Crippen LogP contribution >= 0.6 is 0 Å². The number of aliphatic hydroxyl groups excluding tert-OH is 1. The van der Waals surface area contributed by atoms with Crippen LogP contribution in [0.4, 0.5) is 26.3 Å². The molecule has 0 amide bonds. The van der Waals surface area contributed by atoms with Gasteiger partial charge in [0.25, 0.3) is 0 Å². The number of hydrogen-bond donors (Lipinski definition) is 1. The molecule has 1 N–H and O–H groups in total. The minimum absolute atomic E-state index is 0.0793. The van der Waals surface area contributed by atoms with Gasteiger partial charge in [-0.1, -0.05) is 24.3 Å². The Kier molecular flexibility index (Phi) is 5.08. The maximum atomic E-state index is 12.9. The molecule has 0 fully saturated rings. The van der Waals surface area contributed by atoms with E-state index >= 15 is 0 Å². The van der Waals surface area contributed by atoms with Crippen molar-refractivity contribution in [2.45, 2.75) is 18.5 Å². The fourth-order valence-electron chi connectivity index (χ4n) is 2.08. The van der Waals surface area contributed by atoms with Crippen molar-refractivity contribution in [3.05, 3.63) is 65.2 Å². The summed E-state index contributed by atoms with van der Waals surface area (Å²) in [7, 11) is 0. The first-order valence-corrected chi connectivity index (χ1v) is 6.74. The molecule has 8 heteroatoms. The molecule has 0 aromatic heterocycles. The van der Waals surface area contributed by atoms with E-state index < -0.39 is 41.9 Å². The molecule has 0 aliphatic rings. The Hall–Kier alpha value is -2.22. The third kappa shape index (κ3) is 4.19. The predicted molar refractivity (Wildman–Crippen MR) is 73.3 cm³/mol. The maximum absolute atomic E-state index is 12.9. The van der Waals surface area contributed by atoms with E-state index in [1.54, 1.807) is 0 Å². The van der Waals surface area contributed by atoms with Crippen molar-refractivity contribution in [1.82, 2.24) is 0 Å². The summed E-state index contributed by atoms with van der Waals surface area (Å²) in [6.07, 6.45) is -10.7. The lowest BCUT2D eigenvalue weighted by Gasteiger charge is -2.21. The molecule has 130 valence electrons. The van der Waals surface area contributed by atoms with Crippen LogP contribution in [0.1, 0.15) is 22.8 Å². The maximum Gasteiger partial charge on any atom is 0.419 e. The van der Waals surface area contributed by atoms with Gasteiger partial charge in [-0.2, -0.15) is 26.3 Å². The summed E-state index contributed by atoms with van der Waals surface area (Å²) in [6, 6.07) is 8.18. The van der Waals surface area contributed by atoms with Crippen molar-refractivity contribution >= 4 is 0 Å². The van der Waals surface area contributed by atoms with Crippen molar-refractivity contribution in [1.29, 1.82) is 0 Å². The van der Waals surface area contributed by atoms with E-state index in [1.807, 2.05) is 0 Å². The summed E-state index contributed by atoms with van der Waals surface area (Å²) in [4.78, 5) is 0. The summed E-state index contributed by atoms with van der Waals surface area (Å²) in [6.45, 7) is -0.784. The minimum atomic E-state index is -4.69. The van der Waals surface area contributed by atoms with Crippen LogP contribution in [0.25, 0.3) is 0 Å². The van der Waals surface area contributed by atoms with Gasteiger partial charge in [-0.15, -0.1) is 0 Å². The van der Waals surface area contributed by atoms with Crippen molar-refractivity contribution in [3.63, 3.8) is 0 Å². The molecule has 0 radical (unpaired) electrons. The van der Waals surface area contributed by atoms with Gasteiger partial charge < -0.3 is 9.84 Å². The third-order valence-corrected chi connectivity index (χ3v) is 3.21. The zero-order valence-corrected chi connectivity index (χ0v) is 12.0. The van der Waals surface area contributed by atoms with E-state index in [2.05, 4.69) is 0 Å². The molecule has 0 aliphatic carbocycles. The van der Waals surface area contributed by atoms with E-state index in [4.69, 9.17) is 4.74 Å². The van der Waals surface area contributed by atoms with Crippen LogP contribution in [0, 0.1) is 0 Å². The highest BCUT2D eigenvalue weighted by Gasteiger charge is 2.35. The number of hydrogen-bond acceptors (Lipinski definition) is 2. The first-order chi connectivity index (χ1) is 11.1. The van der Waals surface area contributed by atoms with E-state index in [-0.39, 0.29) is 5.56 Å². The summed E-state index contributed by atoms with van der Waals surface area (Å²) in [5, 5.41) is 9.34. The number of alkyl halides is 6. The number of halogens is 6. The molecule has 0 aliphatic heterocycles. The zero-order valence-electron chi connectivity index (χ0n) is 12.0. The number of aliphatic hydroxyl groups is 1.